The first-order valence-electron chi connectivity index (χ1n) is 9.93. The lowest BCUT2D eigenvalue weighted by Gasteiger charge is -2.27. The lowest BCUT2D eigenvalue weighted by molar-refractivity contribution is -0.137. The minimum Gasteiger partial charge on any atom is -0.361 e. The van der Waals surface area contributed by atoms with E-state index >= 15 is 0 Å². The summed E-state index contributed by atoms with van der Waals surface area (Å²) in [5.41, 5.74) is 3.16. The van der Waals surface area contributed by atoms with Crippen molar-refractivity contribution in [2.45, 2.75) is 12.6 Å². The van der Waals surface area contributed by atoms with E-state index in [1.54, 1.807) is 17.0 Å². The van der Waals surface area contributed by atoms with Crippen molar-refractivity contribution in [2.24, 2.45) is 5.10 Å². The van der Waals surface area contributed by atoms with E-state index in [1.807, 2.05) is 0 Å². The Morgan fingerprint density at radius 2 is 1.97 bits per heavy atom. The molecule has 0 spiro atoms. The Balaban J connectivity index is 1.37. The Morgan fingerprint density at radius 3 is 2.70 bits per heavy atom. The van der Waals surface area contributed by atoms with E-state index in [4.69, 9.17) is 4.74 Å². The molecule has 1 aliphatic heterocycles. The van der Waals surface area contributed by atoms with Crippen molar-refractivity contribution in [1.29, 1.82) is 0 Å². The van der Waals surface area contributed by atoms with Crippen molar-refractivity contribution in [2.75, 3.05) is 35.5 Å². The minimum absolute atomic E-state index is 0.107. The SMILES string of the molecule is Fc1cnc(N/N=C\c2ccc(Nc3cccc(C(F)(F)F)c3)cn2)nc1N1CCCOC1. The molecule has 0 bridgehead atoms. The van der Waals surface area contributed by atoms with Crippen LogP contribution in [0.4, 0.5) is 40.7 Å². The number of pyridine rings is 1. The van der Waals surface area contributed by atoms with Crippen LogP contribution in [0.2, 0.25) is 0 Å². The van der Waals surface area contributed by atoms with Crippen LogP contribution in [0.5, 0.6) is 0 Å². The minimum atomic E-state index is -4.42. The van der Waals surface area contributed by atoms with E-state index in [1.165, 1.54) is 24.5 Å². The maximum Gasteiger partial charge on any atom is 0.416 e. The van der Waals surface area contributed by atoms with Gasteiger partial charge in [-0.2, -0.15) is 23.3 Å². The van der Waals surface area contributed by atoms with Crippen LogP contribution in [-0.2, 0) is 10.9 Å². The van der Waals surface area contributed by atoms with E-state index in [0.717, 1.165) is 24.8 Å². The van der Waals surface area contributed by atoms with Crippen molar-refractivity contribution < 1.29 is 22.3 Å². The van der Waals surface area contributed by atoms with Gasteiger partial charge < -0.3 is 15.0 Å². The van der Waals surface area contributed by atoms with Gasteiger partial charge in [0, 0.05) is 12.2 Å². The first kappa shape index (κ1) is 22.4. The largest absolute Gasteiger partial charge is 0.416 e. The molecule has 12 heteroatoms. The van der Waals surface area contributed by atoms with Crippen molar-refractivity contribution in [1.82, 2.24) is 15.0 Å². The van der Waals surface area contributed by atoms with Crippen molar-refractivity contribution >= 4 is 29.4 Å². The predicted octanol–water partition coefficient (Wildman–Crippen LogP) is 4.40. The van der Waals surface area contributed by atoms with Crippen LogP contribution in [-0.4, -0.2) is 41.0 Å². The summed E-state index contributed by atoms with van der Waals surface area (Å²) in [5, 5.41) is 6.88. The first-order chi connectivity index (χ1) is 15.9. The van der Waals surface area contributed by atoms with E-state index in [-0.39, 0.29) is 24.2 Å². The zero-order valence-corrected chi connectivity index (χ0v) is 17.2. The fraction of sp³-hybridized carbons (Fsp3) is 0.238. The highest BCUT2D eigenvalue weighted by molar-refractivity contribution is 5.78. The van der Waals surface area contributed by atoms with Gasteiger partial charge in [-0.25, -0.2) is 14.8 Å². The van der Waals surface area contributed by atoms with Gasteiger partial charge in [-0.3, -0.25) is 4.98 Å². The molecule has 33 heavy (non-hydrogen) atoms. The number of nitrogens with one attached hydrogen (secondary N) is 2. The van der Waals surface area contributed by atoms with Crippen LogP contribution >= 0.6 is 0 Å². The summed E-state index contributed by atoms with van der Waals surface area (Å²) in [5.74, 6) is -0.317. The van der Waals surface area contributed by atoms with Crippen LogP contribution in [0.1, 0.15) is 17.7 Å². The Kier molecular flexibility index (Phi) is 6.63. The number of ether oxygens (including phenoxy) is 1. The second-order valence-electron chi connectivity index (χ2n) is 7.06. The van der Waals surface area contributed by atoms with Gasteiger partial charge in [0.05, 0.1) is 42.2 Å². The fourth-order valence-corrected chi connectivity index (χ4v) is 3.05. The molecular weight excluding hydrogens is 442 g/mol. The maximum atomic E-state index is 14.1. The highest BCUT2D eigenvalue weighted by Crippen LogP contribution is 2.31. The number of anilines is 4. The molecule has 0 aliphatic carbocycles. The summed E-state index contributed by atoms with van der Waals surface area (Å²) in [7, 11) is 0. The monoisotopic (exact) mass is 461 g/mol. The normalized spacial score (nSPS) is 14.5. The van der Waals surface area contributed by atoms with Crippen LogP contribution in [0.25, 0.3) is 0 Å². The lowest BCUT2D eigenvalue weighted by Crippen LogP contribution is -2.34. The zero-order chi connectivity index (χ0) is 23.3. The van der Waals surface area contributed by atoms with Crippen molar-refractivity contribution in [3.05, 3.63) is 65.9 Å². The Labute approximate surface area is 186 Å². The second-order valence-corrected chi connectivity index (χ2v) is 7.06. The topological polar surface area (TPSA) is 87.6 Å². The summed E-state index contributed by atoms with van der Waals surface area (Å²) >= 11 is 0. The lowest BCUT2D eigenvalue weighted by atomic mass is 10.2. The number of aromatic nitrogens is 3. The smallest absolute Gasteiger partial charge is 0.361 e. The zero-order valence-electron chi connectivity index (χ0n) is 17.2. The molecule has 3 heterocycles. The molecule has 0 amide bonds. The predicted molar refractivity (Wildman–Crippen MR) is 115 cm³/mol. The van der Waals surface area contributed by atoms with Gasteiger partial charge in [-0.15, -0.1) is 0 Å². The van der Waals surface area contributed by atoms with Gasteiger partial charge in [0.1, 0.15) is 6.73 Å². The number of hydrogen-bond acceptors (Lipinski definition) is 8. The van der Waals surface area contributed by atoms with E-state index in [0.29, 0.717) is 24.5 Å². The van der Waals surface area contributed by atoms with Crippen molar-refractivity contribution in [3.63, 3.8) is 0 Å². The molecule has 1 fully saturated rings. The molecule has 0 radical (unpaired) electrons. The molecule has 172 valence electrons. The molecule has 2 N–H and O–H groups in total. The van der Waals surface area contributed by atoms with E-state index in [9.17, 15) is 17.6 Å². The summed E-state index contributed by atoms with van der Waals surface area (Å²) in [6, 6.07) is 8.16. The molecule has 1 aliphatic rings. The molecule has 0 saturated carbocycles. The molecule has 3 aromatic rings. The highest BCUT2D eigenvalue weighted by atomic mass is 19.4. The van der Waals surface area contributed by atoms with Gasteiger partial charge in [-0.05, 0) is 36.8 Å². The Bertz CT molecular complexity index is 1120. The van der Waals surface area contributed by atoms with E-state index in [2.05, 4.69) is 30.8 Å². The van der Waals surface area contributed by atoms with Crippen LogP contribution in [0.3, 0.4) is 0 Å². The molecule has 8 nitrogen and oxygen atoms in total. The quantitative estimate of drug-likeness (QED) is 0.320. The highest BCUT2D eigenvalue weighted by Gasteiger charge is 2.30. The molecular formula is C21H19F4N7O. The molecule has 1 aromatic carbocycles. The number of rotatable bonds is 6. The molecule has 1 saturated heterocycles. The first-order valence-corrected chi connectivity index (χ1v) is 9.93. The van der Waals surface area contributed by atoms with Gasteiger partial charge in [-0.1, -0.05) is 6.07 Å². The van der Waals surface area contributed by atoms with Crippen LogP contribution in [0, 0.1) is 5.82 Å². The number of halogens is 4. The number of alkyl halides is 3. The third-order valence-corrected chi connectivity index (χ3v) is 4.62. The number of hydrogen-bond donors (Lipinski definition) is 2. The second kappa shape index (κ2) is 9.77. The van der Waals surface area contributed by atoms with Crippen molar-refractivity contribution in [3.8, 4) is 0 Å². The number of hydrazone groups is 1. The maximum absolute atomic E-state index is 14.1. The van der Waals surface area contributed by atoms with E-state index < -0.39 is 17.6 Å². The van der Waals surface area contributed by atoms with Crippen LogP contribution < -0.4 is 15.6 Å². The van der Waals surface area contributed by atoms with Gasteiger partial charge in [0.25, 0.3) is 0 Å². The molecule has 4 rings (SSSR count). The Morgan fingerprint density at radius 1 is 1.09 bits per heavy atom. The fourth-order valence-electron chi connectivity index (χ4n) is 3.05. The molecule has 2 aromatic heterocycles. The summed E-state index contributed by atoms with van der Waals surface area (Å²) < 4.78 is 57.9. The van der Waals surface area contributed by atoms with Gasteiger partial charge >= 0.3 is 6.18 Å². The average molecular weight is 461 g/mol. The molecule has 0 unspecified atom stereocenters. The average Bonchev–Trinajstić information content (AvgIpc) is 2.81. The van der Waals surface area contributed by atoms with Gasteiger partial charge in [0.2, 0.25) is 5.95 Å². The standard InChI is InChI=1S/C21H19F4N7O/c22-18-12-27-20(30-19(18)32-7-2-8-33-13-32)31-28-11-16-5-6-17(10-26-16)29-15-4-1-3-14(9-15)21(23,24)25/h1,3-6,9-12,29H,2,7-8,13H2,(H,27,30,31)/b28-11-. The number of nitrogens with zero attached hydrogens (tertiary/aromatic N) is 5. The van der Waals surface area contributed by atoms with Crippen LogP contribution in [0.15, 0.2) is 53.9 Å². The summed E-state index contributed by atoms with van der Waals surface area (Å²) in [6.07, 6.45) is 0.282. The summed E-state index contributed by atoms with van der Waals surface area (Å²) in [6.45, 7) is 1.50. The molecule has 0 atom stereocenters. The Hall–Kier alpha value is -3.80. The third kappa shape index (κ3) is 5.92. The summed E-state index contributed by atoms with van der Waals surface area (Å²) in [4.78, 5) is 13.9. The third-order valence-electron chi connectivity index (χ3n) is 4.62. The van der Waals surface area contributed by atoms with Gasteiger partial charge in [0.15, 0.2) is 11.6 Å². The number of benzene rings is 1.